The molecule has 0 aliphatic carbocycles. The van der Waals surface area contributed by atoms with Crippen molar-refractivity contribution in [3.05, 3.63) is 23.4 Å². The summed E-state index contributed by atoms with van der Waals surface area (Å²) in [6.07, 6.45) is 6.68. The Hall–Kier alpha value is -1.13. The third-order valence-corrected chi connectivity index (χ3v) is 4.18. The Kier molecular flexibility index (Phi) is 6.00. The Morgan fingerprint density at radius 3 is 2.86 bits per heavy atom. The molecule has 2 heterocycles. The van der Waals surface area contributed by atoms with E-state index in [0.717, 1.165) is 25.3 Å². The maximum atomic E-state index is 9.66. The number of hydrogen-bond acceptors (Lipinski definition) is 4. The number of nitrogens with zero attached hydrogens (tertiary/aromatic N) is 2. The van der Waals surface area contributed by atoms with Crippen molar-refractivity contribution in [3.63, 3.8) is 0 Å². The minimum absolute atomic E-state index is 0.220. The highest BCUT2D eigenvalue weighted by Gasteiger charge is 2.22. The summed E-state index contributed by atoms with van der Waals surface area (Å²) in [5.41, 5.74) is 2.43. The topological polar surface area (TPSA) is 48.4 Å². The van der Waals surface area contributed by atoms with Gasteiger partial charge in [0.1, 0.15) is 5.82 Å². The Balaban J connectivity index is 2.14. The first-order valence-electron chi connectivity index (χ1n) is 8.18. The van der Waals surface area contributed by atoms with Crippen molar-refractivity contribution in [1.29, 1.82) is 0 Å². The van der Waals surface area contributed by atoms with Gasteiger partial charge in [-0.15, -0.1) is 0 Å². The number of aromatic nitrogens is 1. The predicted molar refractivity (Wildman–Crippen MR) is 87.6 cm³/mol. The molecule has 1 saturated heterocycles. The molecule has 0 aromatic carbocycles. The minimum atomic E-state index is 0.220. The van der Waals surface area contributed by atoms with Crippen molar-refractivity contribution in [1.82, 2.24) is 10.3 Å². The van der Waals surface area contributed by atoms with Gasteiger partial charge in [-0.1, -0.05) is 26.7 Å². The average molecular weight is 291 g/mol. The zero-order chi connectivity index (χ0) is 15.2. The van der Waals surface area contributed by atoms with Crippen LogP contribution in [0.3, 0.4) is 0 Å². The highest BCUT2D eigenvalue weighted by atomic mass is 16.3. The lowest BCUT2D eigenvalue weighted by atomic mass is 10.1. The first-order chi connectivity index (χ1) is 10.1. The lowest BCUT2D eigenvalue weighted by Crippen LogP contribution is -2.38. The lowest BCUT2D eigenvalue weighted by Gasteiger charge is -2.31. The van der Waals surface area contributed by atoms with Gasteiger partial charge in [0, 0.05) is 25.3 Å². The monoisotopic (exact) mass is 291 g/mol. The van der Waals surface area contributed by atoms with Gasteiger partial charge in [0.25, 0.3) is 0 Å². The smallest absolute Gasteiger partial charge is 0.131 e. The van der Waals surface area contributed by atoms with Gasteiger partial charge in [0.05, 0.1) is 12.6 Å². The average Bonchev–Trinajstić information content (AvgIpc) is 2.70. The van der Waals surface area contributed by atoms with Crippen LogP contribution in [0.25, 0.3) is 0 Å². The normalized spacial score (nSPS) is 19.9. The second kappa shape index (κ2) is 7.76. The Bertz CT molecular complexity index is 448. The maximum Gasteiger partial charge on any atom is 0.131 e. The van der Waals surface area contributed by atoms with Crippen molar-refractivity contribution in [3.8, 4) is 0 Å². The molecule has 0 radical (unpaired) electrons. The molecule has 2 rings (SSSR count). The van der Waals surface area contributed by atoms with Crippen LogP contribution in [0, 0.1) is 6.92 Å². The number of anilines is 1. The summed E-state index contributed by atoms with van der Waals surface area (Å²) in [6.45, 7) is 8.51. The standard InChI is InChI=1S/C17H29N3O/c1-13(2)18-10-15-9-14(3)17(19-11-15)20-8-6-4-5-7-16(20)12-21/h9,11,13,16,18,21H,4-8,10,12H2,1-3H3. The quantitative estimate of drug-likeness (QED) is 0.875. The van der Waals surface area contributed by atoms with E-state index in [2.05, 4.69) is 37.1 Å². The Morgan fingerprint density at radius 2 is 2.19 bits per heavy atom. The molecule has 1 fully saturated rings. The molecule has 118 valence electrons. The number of aliphatic hydroxyl groups excluding tert-OH is 1. The number of hydrogen-bond donors (Lipinski definition) is 2. The lowest BCUT2D eigenvalue weighted by molar-refractivity contribution is 0.254. The second-order valence-electron chi connectivity index (χ2n) is 6.40. The highest BCUT2D eigenvalue weighted by molar-refractivity contribution is 5.48. The fourth-order valence-corrected chi connectivity index (χ4v) is 2.99. The van der Waals surface area contributed by atoms with E-state index in [0.29, 0.717) is 6.04 Å². The third kappa shape index (κ3) is 4.42. The van der Waals surface area contributed by atoms with Crippen molar-refractivity contribution in [2.75, 3.05) is 18.1 Å². The molecule has 1 aliphatic heterocycles. The van der Waals surface area contributed by atoms with E-state index in [1.54, 1.807) is 0 Å². The molecule has 1 aromatic heterocycles. The number of aliphatic hydroxyl groups is 1. The van der Waals surface area contributed by atoms with Crippen LogP contribution in [-0.4, -0.2) is 35.3 Å². The van der Waals surface area contributed by atoms with E-state index < -0.39 is 0 Å². The second-order valence-corrected chi connectivity index (χ2v) is 6.40. The van der Waals surface area contributed by atoms with Crippen LogP contribution in [0.2, 0.25) is 0 Å². The van der Waals surface area contributed by atoms with Crippen LogP contribution in [0.15, 0.2) is 12.3 Å². The number of rotatable bonds is 5. The molecule has 1 unspecified atom stereocenters. The fourth-order valence-electron chi connectivity index (χ4n) is 2.99. The fraction of sp³-hybridized carbons (Fsp3) is 0.706. The van der Waals surface area contributed by atoms with E-state index in [1.165, 1.54) is 30.4 Å². The van der Waals surface area contributed by atoms with Crippen LogP contribution >= 0.6 is 0 Å². The minimum Gasteiger partial charge on any atom is -0.394 e. The molecule has 0 spiro atoms. The summed E-state index contributed by atoms with van der Waals surface area (Å²) in [4.78, 5) is 7.00. The zero-order valence-corrected chi connectivity index (χ0v) is 13.6. The van der Waals surface area contributed by atoms with Crippen molar-refractivity contribution >= 4 is 5.82 Å². The van der Waals surface area contributed by atoms with Crippen LogP contribution in [0.5, 0.6) is 0 Å². The summed E-state index contributed by atoms with van der Waals surface area (Å²) in [6, 6.07) is 2.92. The summed E-state index contributed by atoms with van der Waals surface area (Å²) in [5, 5.41) is 13.1. The van der Waals surface area contributed by atoms with Gasteiger partial charge in [-0.3, -0.25) is 0 Å². The summed E-state index contributed by atoms with van der Waals surface area (Å²) in [5.74, 6) is 1.05. The summed E-state index contributed by atoms with van der Waals surface area (Å²) < 4.78 is 0. The predicted octanol–water partition coefficient (Wildman–Crippen LogP) is 2.63. The van der Waals surface area contributed by atoms with Gasteiger partial charge < -0.3 is 15.3 Å². The van der Waals surface area contributed by atoms with Crippen LogP contribution in [-0.2, 0) is 6.54 Å². The van der Waals surface area contributed by atoms with Gasteiger partial charge in [-0.25, -0.2) is 4.98 Å². The molecule has 0 saturated carbocycles. The molecule has 2 N–H and O–H groups in total. The largest absolute Gasteiger partial charge is 0.394 e. The molecule has 21 heavy (non-hydrogen) atoms. The van der Waals surface area contributed by atoms with Crippen LogP contribution < -0.4 is 10.2 Å². The number of pyridine rings is 1. The van der Waals surface area contributed by atoms with Crippen LogP contribution in [0.4, 0.5) is 5.82 Å². The molecule has 0 amide bonds. The van der Waals surface area contributed by atoms with Gasteiger partial charge in [0.2, 0.25) is 0 Å². The van der Waals surface area contributed by atoms with Crippen molar-refractivity contribution in [2.45, 2.75) is 65.1 Å². The van der Waals surface area contributed by atoms with Crippen LogP contribution in [0.1, 0.15) is 50.7 Å². The van der Waals surface area contributed by atoms with E-state index in [1.807, 2.05) is 6.20 Å². The van der Waals surface area contributed by atoms with Crippen molar-refractivity contribution < 1.29 is 5.11 Å². The first kappa shape index (κ1) is 16.2. The van der Waals surface area contributed by atoms with E-state index in [-0.39, 0.29) is 12.6 Å². The molecular formula is C17H29N3O. The molecule has 1 aliphatic rings. The van der Waals surface area contributed by atoms with Gasteiger partial charge in [-0.2, -0.15) is 0 Å². The Labute approximate surface area is 128 Å². The summed E-state index contributed by atoms with van der Waals surface area (Å²) >= 11 is 0. The van der Waals surface area contributed by atoms with Gasteiger partial charge >= 0.3 is 0 Å². The van der Waals surface area contributed by atoms with E-state index >= 15 is 0 Å². The van der Waals surface area contributed by atoms with E-state index in [9.17, 15) is 5.11 Å². The third-order valence-electron chi connectivity index (χ3n) is 4.18. The van der Waals surface area contributed by atoms with Gasteiger partial charge in [0.15, 0.2) is 0 Å². The SMILES string of the molecule is Cc1cc(CNC(C)C)cnc1N1CCCCCC1CO. The van der Waals surface area contributed by atoms with Crippen molar-refractivity contribution in [2.24, 2.45) is 0 Å². The molecule has 1 aromatic rings. The zero-order valence-electron chi connectivity index (χ0n) is 13.6. The molecule has 4 nitrogen and oxygen atoms in total. The first-order valence-corrected chi connectivity index (χ1v) is 8.18. The maximum absolute atomic E-state index is 9.66. The van der Waals surface area contributed by atoms with Gasteiger partial charge in [-0.05, 0) is 37.0 Å². The summed E-state index contributed by atoms with van der Waals surface area (Å²) in [7, 11) is 0. The molecule has 0 bridgehead atoms. The number of aryl methyl sites for hydroxylation is 1. The highest BCUT2D eigenvalue weighted by Crippen LogP contribution is 2.25. The molecule has 1 atom stereocenters. The van der Waals surface area contributed by atoms with E-state index in [4.69, 9.17) is 4.98 Å². The molecule has 4 heteroatoms. The molecular weight excluding hydrogens is 262 g/mol. The number of nitrogens with one attached hydrogen (secondary N) is 1. The Morgan fingerprint density at radius 1 is 1.38 bits per heavy atom.